The molecule has 0 spiro atoms. The van der Waals surface area contributed by atoms with Crippen LogP contribution in [0, 0.1) is 6.92 Å². The highest BCUT2D eigenvalue weighted by molar-refractivity contribution is 7.89. The maximum Gasteiger partial charge on any atom is 0.242 e. The van der Waals surface area contributed by atoms with Gasteiger partial charge in [0.15, 0.2) is 0 Å². The van der Waals surface area contributed by atoms with Gasteiger partial charge in [0.25, 0.3) is 0 Å². The quantitative estimate of drug-likeness (QED) is 0.639. The summed E-state index contributed by atoms with van der Waals surface area (Å²) in [4.78, 5) is 17.4. The van der Waals surface area contributed by atoms with Crippen LogP contribution in [-0.4, -0.2) is 75.2 Å². The fraction of sp³-hybridized carbons (Fsp3) is 0.480. The largest absolute Gasteiger partial charge is 0.325 e. The minimum Gasteiger partial charge on any atom is -0.325 e. The molecule has 33 heavy (non-hydrogen) atoms. The Balaban J connectivity index is 1.51. The van der Waals surface area contributed by atoms with E-state index < -0.39 is 10.0 Å². The van der Waals surface area contributed by atoms with Crippen LogP contribution in [0.1, 0.15) is 36.5 Å². The lowest BCUT2D eigenvalue weighted by molar-refractivity contribution is -0.117. The summed E-state index contributed by atoms with van der Waals surface area (Å²) in [6, 6.07) is 13.7. The van der Waals surface area contributed by atoms with Crippen molar-refractivity contribution in [2.75, 3.05) is 52.1 Å². The first kappa shape index (κ1) is 25.4. The molecule has 1 amide bonds. The highest BCUT2D eigenvalue weighted by Gasteiger charge is 2.21. The Hall–Kier alpha value is -2.26. The zero-order valence-corrected chi connectivity index (χ0v) is 21.2. The van der Waals surface area contributed by atoms with Gasteiger partial charge in [-0.2, -0.15) is 0 Å². The molecule has 2 aromatic rings. The maximum absolute atomic E-state index is 12.7. The molecule has 1 saturated heterocycles. The summed E-state index contributed by atoms with van der Waals surface area (Å²) < 4.78 is 26.0. The second-order valence-corrected chi connectivity index (χ2v) is 11.4. The van der Waals surface area contributed by atoms with Crippen LogP contribution in [-0.2, 0) is 21.4 Å². The number of anilines is 1. The lowest BCUT2D eigenvalue weighted by Crippen LogP contribution is -2.48. The van der Waals surface area contributed by atoms with Gasteiger partial charge in [-0.1, -0.05) is 44.2 Å². The van der Waals surface area contributed by atoms with E-state index in [0.717, 1.165) is 38.3 Å². The monoisotopic (exact) mass is 472 g/mol. The number of hydrogen-bond acceptors (Lipinski definition) is 5. The Bertz CT molecular complexity index is 1060. The number of rotatable bonds is 8. The molecule has 1 N–H and O–H groups in total. The number of amides is 1. The van der Waals surface area contributed by atoms with E-state index in [1.165, 1.54) is 35.6 Å². The fourth-order valence-electron chi connectivity index (χ4n) is 3.87. The predicted molar refractivity (Wildman–Crippen MR) is 133 cm³/mol. The first-order valence-electron chi connectivity index (χ1n) is 11.4. The van der Waals surface area contributed by atoms with Gasteiger partial charge in [0.05, 0.1) is 11.4 Å². The molecule has 0 aromatic heterocycles. The Kier molecular flexibility index (Phi) is 8.28. The van der Waals surface area contributed by atoms with E-state index >= 15 is 0 Å². The first-order valence-corrected chi connectivity index (χ1v) is 12.9. The summed E-state index contributed by atoms with van der Waals surface area (Å²) in [5.74, 6) is 0.410. The number of aryl methyl sites for hydroxylation is 1. The lowest BCUT2D eigenvalue weighted by Gasteiger charge is -2.34. The molecule has 1 aliphatic heterocycles. The zero-order chi connectivity index (χ0) is 24.2. The molecule has 1 aliphatic rings. The minimum absolute atomic E-state index is 0.129. The smallest absolute Gasteiger partial charge is 0.242 e. The van der Waals surface area contributed by atoms with E-state index in [9.17, 15) is 13.2 Å². The lowest BCUT2D eigenvalue weighted by atomic mass is 10.0. The number of hydrogen-bond donors (Lipinski definition) is 1. The van der Waals surface area contributed by atoms with Crippen molar-refractivity contribution in [2.24, 2.45) is 0 Å². The van der Waals surface area contributed by atoms with Crippen molar-refractivity contribution in [3.05, 3.63) is 59.2 Å². The van der Waals surface area contributed by atoms with E-state index in [4.69, 9.17) is 0 Å². The predicted octanol–water partition coefficient (Wildman–Crippen LogP) is 3.13. The maximum atomic E-state index is 12.7. The molecule has 8 heteroatoms. The van der Waals surface area contributed by atoms with Gasteiger partial charge in [0, 0.05) is 52.5 Å². The van der Waals surface area contributed by atoms with E-state index in [1.54, 1.807) is 12.1 Å². The molecule has 0 aliphatic carbocycles. The Morgan fingerprint density at radius 1 is 1.00 bits per heavy atom. The summed E-state index contributed by atoms with van der Waals surface area (Å²) in [6.07, 6.45) is 0. The van der Waals surface area contributed by atoms with E-state index in [1.807, 2.05) is 6.92 Å². The SMILES string of the molecule is Cc1ccc(S(=O)(=O)N(C)C)cc1NC(=O)CN1CCN(Cc2ccc(C(C)C)cc2)CC1. The summed E-state index contributed by atoms with van der Waals surface area (Å²) >= 11 is 0. The standard InChI is InChI=1S/C25H36N4O3S/c1-19(2)22-9-7-21(8-10-22)17-28-12-14-29(15-13-28)18-25(30)26-24-16-23(11-6-20(24)3)33(31,32)27(4)5/h6-11,16,19H,12-15,17-18H2,1-5H3,(H,26,30). The van der Waals surface area contributed by atoms with Gasteiger partial charge in [-0.3, -0.25) is 14.6 Å². The van der Waals surface area contributed by atoms with Gasteiger partial charge in [-0.25, -0.2) is 12.7 Å². The first-order chi connectivity index (χ1) is 15.6. The normalized spacial score (nSPS) is 15.8. The highest BCUT2D eigenvalue weighted by Crippen LogP contribution is 2.22. The third kappa shape index (κ3) is 6.63. The summed E-state index contributed by atoms with van der Waals surface area (Å²) in [7, 11) is -0.564. The fourth-order valence-corrected chi connectivity index (χ4v) is 4.80. The van der Waals surface area contributed by atoms with Gasteiger partial charge in [0.2, 0.25) is 15.9 Å². The third-order valence-corrected chi connectivity index (χ3v) is 7.96. The van der Waals surface area contributed by atoms with Crippen LogP contribution in [0.4, 0.5) is 5.69 Å². The molecule has 0 saturated carbocycles. The van der Waals surface area contributed by atoms with Crippen molar-refractivity contribution < 1.29 is 13.2 Å². The highest BCUT2D eigenvalue weighted by atomic mass is 32.2. The molecule has 180 valence electrons. The molecule has 0 radical (unpaired) electrons. The zero-order valence-electron chi connectivity index (χ0n) is 20.3. The van der Waals surface area contributed by atoms with Crippen LogP contribution in [0.3, 0.4) is 0 Å². The molecular weight excluding hydrogens is 436 g/mol. The summed E-state index contributed by atoms with van der Waals surface area (Å²) in [6.45, 7) is 10.9. The van der Waals surface area contributed by atoms with Crippen molar-refractivity contribution in [1.82, 2.24) is 14.1 Å². The van der Waals surface area contributed by atoms with Crippen LogP contribution in [0.25, 0.3) is 0 Å². The molecule has 2 aromatic carbocycles. The molecule has 0 bridgehead atoms. The number of carbonyl (C=O) groups is 1. The average Bonchev–Trinajstić information content (AvgIpc) is 2.76. The van der Waals surface area contributed by atoms with Crippen molar-refractivity contribution in [3.63, 3.8) is 0 Å². The van der Waals surface area contributed by atoms with Gasteiger partial charge in [0.1, 0.15) is 0 Å². The Morgan fingerprint density at radius 2 is 1.61 bits per heavy atom. The number of sulfonamides is 1. The minimum atomic E-state index is -3.55. The molecule has 1 fully saturated rings. The van der Waals surface area contributed by atoms with Crippen LogP contribution in [0.5, 0.6) is 0 Å². The topological polar surface area (TPSA) is 73.0 Å². The van der Waals surface area contributed by atoms with Gasteiger partial charge in [-0.15, -0.1) is 0 Å². The molecule has 1 heterocycles. The van der Waals surface area contributed by atoms with E-state index in [-0.39, 0.29) is 10.8 Å². The molecule has 0 unspecified atom stereocenters. The number of nitrogens with zero attached hydrogens (tertiary/aromatic N) is 3. The molecule has 7 nitrogen and oxygen atoms in total. The number of nitrogens with one attached hydrogen (secondary N) is 1. The van der Waals surface area contributed by atoms with Crippen molar-refractivity contribution >= 4 is 21.6 Å². The van der Waals surface area contributed by atoms with Crippen LogP contribution < -0.4 is 5.32 Å². The summed E-state index contributed by atoms with van der Waals surface area (Å²) in [5.41, 5.74) is 4.03. The third-order valence-electron chi connectivity index (χ3n) is 6.15. The van der Waals surface area contributed by atoms with Crippen molar-refractivity contribution in [2.45, 2.75) is 38.1 Å². The van der Waals surface area contributed by atoms with Crippen molar-refractivity contribution in [1.29, 1.82) is 0 Å². The van der Waals surface area contributed by atoms with Crippen LogP contribution >= 0.6 is 0 Å². The molecule has 3 rings (SSSR count). The number of carbonyl (C=O) groups excluding carboxylic acids is 1. The van der Waals surface area contributed by atoms with Crippen molar-refractivity contribution in [3.8, 4) is 0 Å². The van der Waals surface area contributed by atoms with Crippen LogP contribution in [0.15, 0.2) is 47.4 Å². The van der Waals surface area contributed by atoms with Crippen LogP contribution in [0.2, 0.25) is 0 Å². The van der Waals surface area contributed by atoms with E-state index in [2.05, 4.69) is 53.2 Å². The van der Waals surface area contributed by atoms with Gasteiger partial charge < -0.3 is 5.32 Å². The Labute approximate surface area is 198 Å². The van der Waals surface area contributed by atoms with Gasteiger partial charge in [-0.05, 0) is 41.7 Å². The summed E-state index contributed by atoms with van der Waals surface area (Å²) in [5, 5.41) is 2.90. The molecule has 0 atom stereocenters. The average molecular weight is 473 g/mol. The Morgan fingerprint density at radius 3 is 2.18 bits per heavy atom. The molecular formula is C25H36N4O3S. The second-order valence-electron chi connectivity index (χ2n) is 9.26. The second kappa shape index (κ2) is 10.8. The van der Waals surface area contributed by atoms with Gasteiger partial charge >= 0.3 is 0 Å². The van der Waals surface area contributed by atoms with E-state index in [0.29, 0.717) is 18.2 Å². The number of piperazine rings is 1. The number of benzene rings is 2.